The van der Waals surface area contributed by atoms with E-state index in [1.54, 1.807) is 0 Å². The number of benzene rings is 1. The Morgan fingerprint density at radius 1 is 1.18 bits per heavy atom. The standard InChI is InChI=1S/C13H17NO3/c1-3-16-12-11(10-8-6-5-7-9-10)14(13(12)15)17-4-2/h5-9,11-12H,3-4H2,1-2H3. The van der Waals surface area contributed by atoms with Crippen LogP contribution in [0.4, 0.5) is 0 Å². The Morgan fingerprint density at radius 3 is 2.47 bits per heavy atom. The van der Waals surface area contributed by atoms with Crippen LogP contribution in [0, 0.1) is 0 Å². The van der Waals surface area contributed by atoms with Crippen molar-refractivity contribution in [2.75, 3.05) is 13.2 Å². The molecule has 2 rings (SSSR count). The molecule has 1 aliphatic rings. The summed E-state index contributed by atoms with van der Waals surface area (Å²) in [6.45, 7) is 4.76. The third kappa shape index (κ3) is 2.18. The van der Waals surface area contributed by atoms with Crippen LogP contribution >= 0.6 is 0 Å². The maximum Gasteiger partial charge on any atom is 0.278 e. The average Bonchev–Trinajstić information content (AvgIpc) is 2.38. The van der Waals surface area contributed by atoms with Gasteiger partial charge in [-0.2, -0.15) is 0 Å². The predicted octanol–water partition coefficient (Wildman–Crippen LogP) is 1.93. The molecule has 1 aliphatic heterocycles. The number of hydrogen-bond donors (Lipinski definition) is 0. The van der Waals surface area contributed by atoms with E-state index in [-0.39, 0.29) is 11.9 Å². The van der Waals surface area contributed by atoms with Crippen LogP contribution in [-0.4, -0.2) is 30.3 Å². The molecular formula is C13H17NO3. The molecule has 1 heterocycles. The minimum atomic E-state index is -0.408. The highest BCUT2D eigenvalue weighted by Gasteiger charge is 2.50. The first-order chi connectivity index (χ1) is 8.29. The molecular weight excluding hydrogens is 218 g/mol. The van der Waals surface area contributed by atoms with Crippen molar-refractivity contribution < 1.29 is 14.4 Å². The van der Waals surface area contributed by atoms with Gasteiger partial charge in [-0.05, 0) is 19.4 Å². The van der Waals surface area contributed by atoms with Crippen molar-refractivity contribution in [1.82, 2.24) is 5.06 Å². The summed E-state index contributed by atoms with van der Waals surface area (Å²) in [5.41, 5.74) is 1.04. The lowest BCUT2D eigenvalue weighted by Crippen LogP contribution is -2.59. The molecule has 0 aliphatic carbocycles. The Balaban J connectivity index is 2.18. The van der Waals surface area contributed by atoms with Gasteiger partial charge < -0.3 is 4.74 Å². The molecule has 1 aromatic rings. The highest BCUT2D eigenvalue weighted by Crippen LogP contribution is 2.36. The van der Waals surface area contributed by atoms with Crippen molar-refractivity contribution in [3.63, 3.8) is 0 Å². The number of nitrogens with zero attached hydrogens (tertiary/aromatic N) is 1. The lowest BCUT2D eigenvalue weighted by atomic mass is 9.93. The van der Waals surface area contributed by atoms with Gasteiger partial charge in [0.05, 0.1) is 6.61 Å². The highest BCUT2D eigenvalue weighted by atomic mass is 16.7. The van der Waals surface area contributed by atoms with E-state index in [0.29, 0.717) is 13.2 Å². The van der Waals surface area contributed by atoms with Gasteiger partial charge in [-0.25, -0.2) is 5.06 Å². The fourth-order valence-corrected chi connectivity index (χ4v) is 2.02. The summed E-state index contributed by atoms with van der Waals surface area (Å²) in [5, 5.41) is 1.41. The van der Waals surface area contributed by atoms with Crippen LogP contribution in [0.3, 0.4) is 0 Å². The summed E-state index contributed by atoms with van der Waals surface area (Å²) < 4.78 is 5.46. The van der Waals surface area contributed by atoms with Gasteiger partial charge in [-0.3, -0.25) is 9.63 Å². The molecule has 1 fully saturated rings. The first kappa shape index (κ1) is 12.1. The van der Waals surface area contributed by atoms with Gasteiger partial charge >= 0.3 is 0 Å². The molecule has 0 aromatic heterocycles. The van der Waals surface area contributed by atoms with Gasteiger partial charge in [0.2, 0.25) is 0 Å². The lowest BCUT2D eigenvalue weighted by Gasteiger charge is -2.44. The van der Waals surface area contributed by atoms with Crippen molar-refractivity contribution in [2.45, 2.75) is 26.0 Å². The molecule has 4 nitrogen and oxygen atoms in total. The Kier molecular flexibility index (Phi) is 3.76. The van der Waals surface area contributed by atoms with Gasteiger partial charge in [0, 0.05) is 6.61 Å². The van der Waals surface area contributed by atoms with E-state index in [1.807, 2.05) is 44.2 Å². The average molecular weight is 235 g/mol. The Morgan fingerprint density at radius 2 is 1.88 bits per heavy atom. The number of carbonyl (C=O) groups excluding carboxylic acids is 1. The van der Waals surface area contributed by atoms with Crippen LogP contribution in [0.5, 0.6) is 0 Å². The number of amides is 1. The second kappa shape index (κ2) is 5.29. The normalized spacial score (nSPS) is 23.6. The van der Waals surface area contributed by atoms with Crippen LogP contribution in [0.25, 0.3) is 0 Å². The molecule has 4 heteroatoms. The largest absolute Gasteiger partial charge is 0.366 e. The molecule has 2 atom stereocenters. The summed E-state index contributed by atoms with van der Waals surface area (Å²) in [7, 11) is 0. The minimum Gasteiger partial charge on any atom is -0.366 e. The number of hydrogen-bond acceptors (Lipinski definition) is 3. The predicted molar refractivity (Wildman–Crippen MR) is 63.1 cm³/mol. The monoisotopic (exact) mass is 235 g/mol. The van der Waals surface area contributed by atoms with Crippen LogP contribution in [0.15, 0.2) is 30.3 Å². The van der Waals surface area contributed by atoms with E-state index in [9.17, 15) is 4.79 Å². The topological polar surface area (TPSA) is 38.8 Å². The molecule has 0 bridgehead atoms. The summed E-state index contributed by atoms with van der Waals surface area (Å²) in [5.74, 6) is -0.0949. The quantitative estimate of drug-likeness (QED) is 0.732. The molecule has 1 saturated heterocycles. The number of hydroxylamine groups is 2. The lowest BCUT2D eigenvalue weighted by molar-refractivity contribution is -0.260. The molecule has 0 radical (unpaired) electrons. The van der Waals surface area contributed by atoms with Crippen LogP contribution in [-0.2, 0) is 14.4 Å². The number of carbonyl (C=O) groups is 1. The van der Waals surface area contributed by atoms with Crippen LogP contribution in [0.1, 0.15) is 25.5 Å². The van der Waals surface area contributed by atoms with Crippen molar-refractivity contribution >= 4 is 5.91 Å². The fraction of sp³-hybridized carbons (Fsp3) is 0.462. The van der Waals surface area contributed by atoms with E-state index in [4.69, 9.17) is 9.57 Å². The molecule has 92 valence electrons. The molecule has 0 saturated carbocycles. The summed E-state index contributed by atoms with van der Waals surface area (Å²) in [4.78, 5) is 17.1. The van der Waals surface area contributed by atoms with Gasteiger partial charge in [0.25, 0.3) is 5.91 Å². The molecule has 17 heavy (non-hydrogen) atoms. The van der Waals surface area contributed by atoms with Crippen LogP contribution < -0.4 is 0 Å². The van der Waals surface area contributed by atoms with Gasteiger partial charge in [0.1, 0.15) is 6.04 Å². The Labute approximate surface area is 101 Å². The molecule has 1 aromatic carbocycles. The zero-order valence-corrected chi connectivity index (χ0v) is 10.1. The van der Waals surface area contributed by atoms with E-state index in [0.717, 1.165) is 5.56 Å². The zero-order valence-electron chi connectivity index (χ0n) is 10.1. The smallest absolute Gasteiger partial charge is 0.278 e. The molecule has 1 amide bonds. The molecule has 0 N–H and O–H groups in total. The van der Waals surface area contributed by atoms with Gasteiger partial charge in [-0.15, -0.1) is 0 Å². The first-order valence-corrected chi connectivity index (χ1v) is 5.92. The number of rotatable bonds is 5. The molecule has 2 unspecified atom stereocenters. The van der Waals surface area contributed by atoms with Gasteiger partial charge in [0.15, 0.2) is 6.10 Å². The summed E-state index contributed by atoms with van der Waals surface area (Å²) in [6.07, 6.45) is -0.408. The summed E-state index contributed by atoms with van der Waals surface area (Å²) in [6, 6.07) is 9.69. The van der Waals surface area contributed by atoms with Crippen LogP contribution in [0.2, 0.25) is 0 Å². The van der Waals surface area contributed by atoms with Crippen molar-refractivity contribution in [2.24, 2.45) is 0 Å². The second-order valence-electron chi connectivity index (χ2n) is 3.81. The van der Waals surface area contributed by atoms with Gasteiger partial charge in [-0.1, -0.05) is 30.3 Å². The van der Waals surface area contributed by atoms with Crippen molar-refractivity contribution in [3.8, 4) is 0 Å². The Bertz CT molecular complexity index is 364. The second-order valence-corrected chi connectivity index (χ2v) is 3.81. The SMILES string of the molecule is CCOC1C(=O)N(OCC)C1c1ccccc1. The maximum atomic E-state index is 11.8. The van der Waals surface area contributed by atoms with E-state index >= 15 is 0 Å². The van der Waals surface area contributed by atoms with Crippen molar-refractivity contribution in [3.05, 3.63) is 35.9 Å². The third-order valence-corrected chi connectivity index (χ3v) is 2.76. The highest BCUT2D eigenvalue weighted by molar-refractivity contribution is 5.87. The van der Waals surface area contributed by atoms with E-state index < -0.39 is 6.10 Å². The third-order valence-electron chi connectivity index (χ3n) is 2.76. The Hall–Kier alpha value is -1.39. The minimum absolute atomic E-state index is 0.0949. The van der Waals surface area contributed by atoms with E-state index in [1.165, 1.54) is 5.06 Å². The maximum absolute atomic E-state index is 11.8. The molecule has 0 spiro atoms. The summed E-state index contributed by atoms with van der Waals surface area (Å²) >= 11 is 0. The number of ether oxygens (including phenoxy) is 1. The van der Waals surface area contributed by atoms with E-state index in [2.05, 4.69) is 0 Å². The number of β-lactam (4-membered cyclic amide) rings is 1. The van der Waals surface area contributed by atoms with Crippen molar-refractivity contribution in [1.29, 1.82) is 0 Å². The first-order valence-electron chi connectivity index (χ1n) is 5.92. The fourth-order valence-electron chi connectivity index (χ4n) is 2.02. The zero-order chi connectivity index (χ0) is 12.3.